The Morgan fingerprint density at radius 2 is 1.66 bits per heavy atom. The van der Waals surface area contributed by atoms with Gasteiger partial charge in [0.2, 0.25) is 5.88 Å². The highest BCUT2D eigenvalue weighted by Crippen LogP contribution is 2.33. The highest BCUT2D eigenvalue weighted by molar-refractivity contribution is 5.68. The Morgan fingerprint density at radius 3 is 2.37 bits per heavy atom. The molecule has 2 aromatic heterocycles. The summed E-state index contributed by atoms with van der Waals surface area (Å²) in [5, 5.41) is 6.54. The second-order valence-electron chi connectivity index (χ2n) is 10.2. The molecule has 202 valence electrons. The van der Waals surface area contributed by atoms with Crippen LogP contribution in [0.3, 0.4) is 0 Å². The summed E-state index contributed by atoms with van der Waals surface area (Å²) >= 11 is 0. The van der Waals surface area contributed by atoms with Crippen molar-refractivity contribution in [3.8, 4) is 34.5 Å². The molecule has 10 heteroatoms. The summed E-state index contributed by atoms with van der Waals surface area (Å²) < 4.78 is 22.2. The van der Waals surface area contributed by atoms with Gasteiger partial charge in [0.15, 0.2) is 5.82 Å². The fourth-order valence-corrected chi connectivity index (χ4v) is 4.24. The van der Waals surface area contributed by atoms with Crippen molar-refractivity contribution in [1.29, 1.82) is 0 Å². The molecule has 1 amide bonds. The molecule has 1 aliphatic rings. The van der Waals surface area contributed by atoms with Gasteiger partial charge in [-0.05, 0) is 76.8 Å². The minimum absolute atomic E-state index is 0.00473. The Labute approximate surface area is 223 Å². The Kier molecular flexibility index (Phi) is 8.50. The second kappa shape index (κ2) is 12.0. The predicted octanol–water partition coefficient (Wildman–Crippen LogP) is 5.60. The van der Waals surface area contributed by atoms with Crippen molar-refractivity contribution >= 4 is 11.8 Å². The van der Waals surface area contributed by atoms with Crippen molar-refractivity contribution in [3.63, 3.8) is 0 Å². The van der Waals surface area contributed by atoms with Crippen LogP contribution in [0.5, 0.6) is 23.1 Å². The van der Waals surface area contributed by atoms with Crippen LogP contribution < -0.4 is 24.8 Å². The van der Waals surface area contributed by atoms with Crippen LogP contribution >= 0.6 is 0 Å². The molecule has 0 unspecified atom stereocenters. The number of aromatic nitrogens is 3. The van der Waals surface area contributed by atoms with E-state index in [0.29, 0.717) is 34.5 Å². The Hall–Kier alpha value is -4.08. The van der Waals surface area contributed by atoms with Gasteiger partial charge in [-0.2, -0.15) is 4.98 Å². The second-order valence-corrected chi connectivity index (χ2v) is 10.2. The minimum atomic E-state index is -0.540. The van der Waals surface area contributed by atoms with Gasteiger partial charge >= 0.3 is 6.09 Å². The molecule has 0 spiro atoms. The van der Waals surface area contributed by atoms with Gasteiger partial charge < -0.3 is 29.6 Å². The molecule has 2 atom stereocenters. The first kappa shape index (κ1) is 27.0. The Balaban J connectivity index is 1.55. The molecule has 1 aromatic carbocycles. The Bertz CT molecular complexity index is 1230. The monoisotopic (exact) mass is 521 g/mol. The number of pyridine rings is 1. The molecule has 1 saturated carbocycles. The first-order valence-corrected chi connectivity index (χ1v) is 12.7. The number of amides is 1. The lowest BCUT2D eigenvalue weighted by Gasteiger charge is -2.31. The van der Waals surface area contributed by atoms with Crippen LogP contribution in [-0.4, -0.2) is 52.9 Å². The lowest BCUT2D eigenvalue weighted by atomic mass is 9.91. The van der Waals surface area contributed by atoms with E-state index >= 15 is 0 Å². The van der Waals surface area contributed by atoms with E-state index in [-0.39, 0.29) is 12.1 Å². The van der Waals surface area contributed by atoms with Crippen LogP contribution in [0.15, 0.2) is 48.9 Å². The molecular formula is C28H35N5O5. The van der Waals surface area contributed by atoms with E-state index in [0.717, 1.165) is 31.4 Å². The maximum Gasteiger partial charge on any atom is 0.407 e. The lowest BCUT2D eigenvalue weighted by molar-refractivity contribution is 0.0492. The average molecular weight is 522 g/mol. The standard InChI is InChI=1S/C28H35N5O5/c1-28(2,3)38-27(34)32-20-8-6-7-19(14-20)31-24-17-30-25(18-13-23(36-5)16-29-15-18)33-26(24)37-22-11-9-21(35-4)10-12-22/h9-13,15-17,19-20,31H,6-8,14H2,1-5H3,(H,32,34)/t19-,20+/m0/s1. The summed E-state index contributed by atoms with van der Waals surface area (Å²) in [4.78, 5) is 25.8. The molecule has 1 aliphatic carbocycles. The fourth-order valence-electron chi connectivity index (χ4n) is 4.24. The van der Waals surface area contributed by atoms with Gasteiger partial charge in [-0.1, -0.05) is 0 Å². The molecule has 4 rings (SSSR count). The van der Waals surface area contributed by atoms with Crippen molar-refractivity contribution in [2.75, 3.05) is 19.5 Å². The molecule has 1 fully saturated rings. The van der Waals surface area contributed by atoms with Crippen LogP contribution in [0, 0.1) is 0 Å². The maximum absolute atomic E-state index is 12.3. The van der Waals surface area contributed by atoms with Crippen molar-refractivity contribution < 1.29 is 23.7 Å². The molecule has 3 aromatic rings. The van der Waals surface area contributed by atoms with Gasteiger partial charge in [0.25, 0.3) is 0 Å². The van der Waals surface area contributed by atoms with Crippen LogP contribution in [0.25, 0.3) is 11.4 Å². The quantitative estimate of drug-likeness (QED) is 0.391. The normalized spacial score (nSPS) is 17.3. The smallest absolute Gasteiger partial charge is 0.407 e. The number of methoxy groups -OCH3 is 2. The van der Waals surface area contributed by atoms with Gasteiger partial charge in [-0.15, -0.1) is 0 Å². The zero-order valence-corrected chi connectivity index (χ0v) is 22.5. The number of benzene rings is 1. The van der Waals surface area contributed by atoms with Crippen molar-refractivity contribution in [2.45, 2.75) is 64.1 Å². The highest BCUT2D eigenvalue weighted by atomic mass is 16.6. The van der Waals surface area contributed by atoms with Crippen LogP contribution in [0.1, 0.15) is 46.5 Å². The van der Waals surface area contributed by atoms with Gasteiger partial charge in [0.1, 0.15) is 28.5 Å². The van der Waals surface area contributed by atoms with Gasteiger partial charge in [-0.3, -0.25) is 4.98 Å². The summed E-state index contributed by atoms with van der Waals surface area (Å²) in [5.74, 6) is 2.78. The molecular weight excluding hydrogens is 486 g/mol. The number of nitrogens with zero attached hydrogens (tertiary/aromatic N) is 3. The molecule has 2 N–H and O–H groups in total. The number of nitrogens with one attached hydrogen (secondary N) is 2. The highest BCUT2D eigenvalue weighted by Gasteiger charge is 2.26. The number of hydrogen-bond donors (Lipinski definition) is 2. The average Bonchev–Trinajstić information content (AvgIpc) is 2.89. The first-order valence-electron chi connectivity index (χ1n) is 12.7. The number of anilines is 1. The van der Waals surface area contributed by atoms with E-state index in [1.54, 1.807) is 32.8 Å². The van der Waals surface area contributed by atoms with Crippen LogP contribution in [-0.2, 0) is 4.74 Å². The number of hydrogen-bond acceptors (Lipinski definition) is 9. The zero-order valence-electron chi connectivity index (χ0n) is 22.5. The van der Waals surface area contributed by atoms with E-state index in [2.05, 4.69) is 20.6 Å². The topological polar surface area (TPSA) is 117 Å². The molecule has 0 saturated heterocycles. The molecule has 0 bridgehead atoms. The molecule has 0 aliphatic heterocycles. The summed E-state index contributed by atoms with van der Waals surface area (Å²) in [5.41, 5.74) is 0.819. The van der Waals surface area contributed by atoms with E-state index in [1.165, 1.54) is 0 Å². The van der Waals surface area contributed by atoms with E-state index in [4.69, 9.17) is 23.9 Å². The van der Waals surface area contributed by atoms with Crippen molar-refractivity contribution in [2.24, 2.45) is 0 Å². The minimum Gasteiger partial charge on any atom is -0.497 e. The van der Waals surface area contributed by atoms with Crippen molar-refractivity contribution in [3.05, 3.63) is 48.9 Å². The Morgan fingerprint density at radius 1 is 0.947 bits per heavy atom. The largest absolute Gasteiger partial charge is 0.497 e. The zero-order chi connectivity index (χ0) is 27.1. The van der Waals surface area contributed by atoms with Gasteiger partial charge in [-0.25, -0.2) is 9.78 Å². The molecule has 38 heavy (non-hydrogen) atoms. The van der Waals surface area contributed by atoms with Crippen LogP contribution in [0.4, 0.5) is 10.5 Å². The molecule has 0 radical (unpaired) electrons. The van der Waals surface area contributed by atoms with Gasteiger partial charge in [0, 0.05) is 23.8 Å². The summed E-state index contributed by atoms with van der Waals surface area (Å²) in [6, 6.07) is 9.20. The summed E-state index contributed by atoms with van der Waals surface area (Å²) in [6.45, 7) is 5.56. The van der Waals surface area contributed by atoms with E-state index in [1.807, 2.05) is 51.1 Å². The SMILES string of the molecule is COc1ccc(Oc2nc(-c3cncc(OC)c3)ncc2N[C@H]2CCC[C@@H](NC(=O)OC(C)(C)C)C2)cc1. The van der Waals surface area contributed by atoms with E-state index < -0.39 is 11.7 Å². The molecule has 10 nitrogen and oxygen atoms in total. The maximum atomic E-state index is 12.3. The first-order chi connectivity index (χ1) is 18.2. The third kappa shape index (κ3) is 7.47. The fraction of sp³-hybridized carbons (Fsp3) is 0.429. The number of alkyl carbamates (subject to hydrolysis) is 1. The van der Waals surface area contributed by atoms with Gasteiger partial charge in [0.05, 0.1) is 26.6 Å². The van der Waals surface area contributed by atoms with Crippen LogP contribution in [0.2, 0.25) is 0 Å². The number of ether oxygens (including phenoxy) is 4. The third-order valence-electron chi connectivity index (χ3n) is 5.99. The lowest BCUT2D eigenvalue weighted by Crippen LogP contribution is -2.43. The molecule has 2 heterocycles. The number of carbonyl (C=O) groups is 1. The number of rotatable bonds is 8. The van der Waals surface area contributed by atoms with E-state index in [9.17, 15) is 4.79 Å². The number of carbonyl (C=O) groups excluding carboxylic acids is 1. The predicted molar refractivity (Wildman–Crippen MR) is 144 cm³/mol. The summed E-state index contributed by atoms with van der Waals surface area (Å²) in [7, 11) is 3.20. The van der Waals surface area contributed by atoms with Crippen molar-refractivity contribution in [1.82, 2.24) is 20.3 Å². The third-order valence-corrected chi connectivity index (χ3v) is 5.99. The summed E-state index contributed by atoms with van der Waals surface area (Å²) in [6.07, 6.45) is 8.15.